The van der Waals surface area contributed by atoms with Crippen LogP contribution in [0.1, 0.15) is 51.9 Å². The van der Waals surface area contributed by atoms with Crippen LogP contribution < -0.4 is 4.72 Å². The van der Waals surface area contributed by atoms with Gasteiger partial charge < -0.3 is 4.74 Å². The van der Waals surface area contributed by atoms with Gasteiger partial charge in [0.2, 0.25) is 10.0 Å². The van der Waals surface area contributed by atoms with Gasteiger partial charge in [0, 0.05) is 12.6 Å². The van der Waals surface area contributed by atoms with Crippen molar-refractivity contribution in [3.63, 3.8) is 0 Å². The van der Waals surface area contributed by atoms with Crippen molar-refractivity contribution < 1.29 is 13.2 Å². The molecule has 2 fully saturated rings. The van der Waals surface area contributed by atoms with Crippen LogP contribution in [-0.2, 0) is 14.8 Å². The van der Waals surface area contributed by atoms with Gasteiger partial charge in [-0.25, -0.2) is 13.1 Å². The Labute approximate surface area is 111 Å². The summed E-state index contributed by atoms with van der Waals surface area (Å²) in [6.45, 7) is 2.93. The lowest BCUT2D eigenvalue weighted by Crippen LogP contribution is -2.39. The summed E-state index contributed by atoms with van der Waals surface area (Å²) in [5.74, 6) is 0.743. The molecule has 4 nitrogen and oxygen atoms in total. The van der Waals surface area contributed by atoms with E-state index < -0.39 is 10.0 Å². The molecular weight excluding hydrogens is 250 g/mol. The minimum absolute atomic E-state index is 0.159. The summed E-state index contributed by atoms with van der Waals surface area (Å²) in [5, 5.41) is 0. The number of hydrogen-bond acceptors (Lipinski definition) is 3. The van der Waals surface area contributed by atoms with Crippen LogP contribution in [0.5, 0.6) is 0 Å². The van der Waals surface area contributed by atoms with Gasteiger partial charge in [0.1, 0.15) is 0 Å². The molecule has 1 saturated heterocycles. The second kappa shape index (κ2) is 6.35. The number of ether oxygens (including phenoxy) is 1. The summed E-state index contributed by atoms with van der Waals surface area (Å²) < 4.78 is 32.4. The largest absolute Gasteiger partial charge is 0.378 e. The highest BCUT2D eigenvalue weighted by Gasteiger charge is 2.29. The minimum atomic E-state index is -3.13. The molecule has 0 bridgehead atoms. The molecule has 0 aromatic rings. The molecule has 0 spiro atoms. The van der Waals surface area contributed by atoms with E-state index in [0.717, 1.165) is 45.1 Å². The van der Waals surface area contributed by atoms with Crippen LogP contribution in [-0.4, -0.2) is 32.9 Å². The van der Waals surface area contributed by atoms with Crippen LogP contribution in [0.25, 0.3) is 0 Å². The Morgan fingerprint density at radius 2 is 2.06 bits per heavy atom. The fourth-order valence-electron chi connectivity index (χ4n) is 3.13. The Hall–Kier alpha value is -0.130. The SMILES string of the molecule is CC[C@@H]1CCC[C@H]1NS(=O)(=O)CC[C@@H]1CCCO1. The summed E-state index contributed by atoms with van der Waals surface area (Å²) >= 11 is 0. The normalized spacial score (nSPS) is 33.1. The summed E-state index contributed by atoms with van der Waals surface area (Å²) in [7, 11) is -3.13. The molecular formula is C13H25NO3S. The molecule has 18 heavy (non-hydrogen) atoms. The summed E-state index contributed by atoms with van der Waals surface area (Å²) in [6.07, 6.45) is 7.25. The van der Waals surface area contributed by atoms with Gasteiger partial charge in [-0.15, -0.1) is 0 Å². The van der Waals surface area contributed by atoms with Gasteiger partial charge in [0.05, 0.1) is 11.9 Å². The fourth-order valence-corrected chi connectivity index (χ4v) is 4.59. The van der Waals surface area contributed by atoms with Crippen LogP contribution in [0.3, 0.4) is 0 Å². The predicted molar refractivity (Wildman–Crippen MR) is 71.9 cm³/mol. The van der Waals surface area contributed by atoms with Crippen LogP contribution in [0, 0.1) is 5.92 Å². The maximum atomic E-state index is 12.0. The van der Waals surface area contributed by atoms with Crippen molar-refractivity contribution >= 4 is 10.0 Å². The van der Waals surface area contributed by atoms with Crippen molar-refractivity contribution in [2.75, 3.05) is 12.4 Å². The van der Waals surface area contributed by atoms with E-state index in [1.165, 1.54) is 0 Å². The van der Waals surface area contributed by atoms with Crippen molar-refractivity contribution in [3.8, 4) is 0 Å². The molecule has 1 aliphatic heterocycles. The summed E-state index contributed by atoms with van der Waals surface area (Å²) in [5.41, 5.74) is 0. The first-order chi connectivity index (χ1) is 8.61. The van der Waals surface area contributed by atoms with E-state index in [4.69, 9.17) is 4.74 Å². The first kappa shape index (κ1) is 14.3. The lowest BCUT2D eigenvalue weighted by molar-refractivity contribution is 0.108. The van der Waals surface area contributed by atoms with Gasteiger partial charge in [-0.1, -0.05) is 19.8 Å². The van der Waals surface area contributed by atoms with E-state index >= 15 is 0 Å². The predicted octanol–water partition coefficient (Wildman–Crippen LogP) is 2.05. The minimum Gasteiger partial charge on any atom is -0.378 e. The van der Waals surface area contributed by atoms with Crippen molar-refractivity contribution in [3.05, 3.63) is 0 Å². The van der Waals surface area contributed by atoms with Gasteiger partial charge in [-0.05, 0) is 38.0 Å². The number of hydrogen-bond donors (Lipinski definition) is 1. The summed E-state index contributed by atoms with van der Waals surface area (Å²) in [4.78, 5) is 0. The molecule has 0 radical (unpaired) electrons. The molecule has 3 atom stereocenters. The standard InChI is InChI=1S/C13H25NO3S/c1-2-11-5-3-7-13(11)14-18(15,16)10-8-12-6-4-9-17-12/h11-14H,2-10H2,1H3/t11-,12+,13-/m1/s1. The third-order valence-corrected chi connectivity index (χ3v) is 5.68. The zero-order valence-electron chi connectivity index (χ0n) is 11.2. The lowest BCUT2D eigenvalue weighted by Gasteiger charge is -2.20. The molecule has 5 heteroatoms. The van der Waals surface area contributed by atoms with Crippen molar-refractivity contribution in [1.29, 1.82) is 0 Å². The average molecular weight is 275 g/mol. The van der Waals surface area contributed by atoms with Gasteiger partial charge in [0.15, 0.2) is 0 Å². The van der Waals surface area contributed by atoms with Gasteiger partial charge in [-0.3, -0.25) is 0 Å². The highest BCUT2D eigenvalue weighted by molar-refractivity contribution is 7.89. The molecule has 0 aromatic carbocycles. The number of sulfonamides is 1. The van der Waals surface area contributed by atoms with Crippen molar-refractivity contribution in [2.24, 2.45) is 5.92 Å². The van der Waals surface area contributed by atoms with E-state index in [0.29, 0.717) is 12.3 Å². The Kier molecular flexibility index (Phi) is 5.04. The topological polar surface area (TPSA) is 55.4 Å². The quantitative estimate of drug-likeness (QED) is 0.807. The first-order valence-electron chi connectivity index (χ1n) is 7.22. The highest BCUT2D eigenvalue weighted by atomic mass is 32.2. The second-order valence-corrected chi connectivity index (χ2v) is 7.44. The van der Waals surface area contributed by atoms with Crippen LogP contribution in [0.15, 0.2) is 0 Å². The highest BCUT2D eigenvalue weighted by Crippen LogP contribution is 2.28. The maximum Gasteiger partial charge on any atom is 0.211 e. The zero-order chi connectivity index (χ0) is 13.0. The molecule has 0 aromatic heterocycles. The Morgan fingerprint density at radius 3 is 2.72 bits per heavy atom. The molecule has 1 N–H and O–H groups in total. The van der Waals surface area contributed by atoms with E-state index in [-0.39, 0.29) is 17.9 Å². The maximum absolute atomic E-state index is 12.0. The van der Waals surface area contributed by atoms with Crippen LogP contribution in [0.2, 0.25) is 0 Å². The van der Waals surface area contributed by atoms with Crippen LogP contribution >= 0.6 is 0 Å². The fraction of sp³-hybridized carbons (Fsp3) is 1.00. The van der Waals surface area contributed by atoms with Gasteiger partial charge in [-0.2, -0.15) is 0 Å². The molecule has 0 amide bonds. The Balaban J connectivity index is 1.79. The van der Waals surface area contributed by atoms with Crippen LogP contribution in [0.4, 0.5) is 0 Å². The van der Waals surface area contributed by atoms with Crippen molar-refractivity contribution in [2.45, 2.75) is 64.0 Å². The van der Waals surface area contributed by atoms with Gasteiger partial charge in [0.25, 0.3) is 0 Å². The molecule has 2 rings (SSSR count). The molecule has 1 aliphatic carbocycles. The van der Waals surface area contributed by atoms with E-state index in [9.17, 15) is 8.42 Å². The van der Waals surface area contributed by atoms with E-state index in [1.807, 2.05) is 0 Å². The third kappa shape index (κ3) is 3.93. The second-order valence-electron chi connectivity index (χ2n) is 5.57. The molecule has 0 unspecified atom stereocenters. The van der Waals surface area contributed by atoms with Crippen molar-refractivity contribution in [1.82, 2.24) is 4.72 Å². The molecule has 1 heterocycles. The number of rotatable bonds is 6. The Morgan fingerprint density at radius 1 is 1.22 bits per heavy atom. The molecule has 1 saturated carbocycles. The summed E-state index contributed by atoms with van der Waals surface area (Å²) in [6, 6.07) is 0.171. The van der Waals surface area contributed by atoms with E-state index in [1.54, 1.807) is 0 Å². The first-order valence-corrected chi connectivity index (χ1v) is 8.87. The Bertz CT molecular complexity index is 349. The molecule has 2 aliphatic rings. The number of nitrogens with one attached hydrogen (secondary N) is 1. The monoisotopic (exact) mass is 275 g/mol. The average Bonchev–Trinajstić information content (AvgIpc) is 2.96. The van der Waals surface area contributed by atoms with E-state index in [2.05, 4.69) is 11.6 Å². The molecule has 106 valence electrons. The lowest BCUT2D eigenvalue weighted by atomic mass is 10.0. The smallest absolute Gasteiger partial charge is 0.211 e. The third-order valence-electron chi connectivity index (χ3n) is 4.25. The zero-order valence-corrected chi connectivity index (χ0v) is 12.0. The van der Waals surface area contributed by atoms with Gasteiger partial charge >= 0.3 is 0 Å².